The van der Waals surface area contributed by atoms with Crippen LogP contribution in [-0.2, 0) is 14.8 Å². The summed E-state index contributed by atoms with van der Waals surface area (Å²) in [6.45, 7) is 5.28. The van der Waals surface area contributed by atoms with E-state index in [2.05, 4.69) is 20.8 Å². The van der Waals surface area contributed by atoms with Crippen LogP contribution in [0.1, 0.15) is 26.7 Å². The molecular formula is C17H24N6O3S. The van der Waals surface area contributed by atoms with Crippen molar-refractivity contribution in [2.45, 2.75) is 31.6 Å². The first-order valence-corrected chi connectivity index (χ1v) is 10.4. The van der Waals surface area contributed by atoms with Gasteiger partial charge in [0.25, 0.3) is 0 Å². The van der Waals surface area contributed by atoms with Gasteiger partial charge in [-0.15, -0.1) is 5.10 Å². The van der Waals surface area contributed by atoms with Crippen LogP contribution in [0.3, 0.4) is 0 Å². The average molecular weight is 392 g/mol. The lowest BCUT2D eigenvalue weighted by molar-refractivity contribution is -0.126. The normalized spacial score (nSPS) is 18.6. The molecule has 0 saturated carbocycles. The second kappa shape index (κ2) is 8.13. The average Bonchev–Trinajstić information content (AvgIpc) is 3.21. The van der Waals surface area contributed by atoms with Crippen molar-refractivity contribution in [1.29, 1.82) is 0 Å². The second-order valence-corrected chi connectivity index (χ2v) is 9.03. The van der Waals surface area contributed by atoms with Gasteiger partial charge in [0.2, 0.25) is 15.9 Å². The third-order valence-corrected chi connectivity index (χ3v) is 6.41. The molecule has 1 aromatic heterocycles. The highest BCUT2D eigenvalue weighted by atomic mass is 32.2. The summed E-state index contributed by atoms with van der Waals surface area (Å²) in [6.07, 6.45) is 2.81. The number of sulfonamides is 1. The number of rotatable bonds is 6. The molecule has 1 fully saturated rings. The Morgan fingerprint density at radius 1 is 1.30 bits per heavy atom. The highest BCUT2D eigenvalue weighted by Gasteiger charge is 2.33. The molecule has 2 heterocycles. The van der Waals surface area contributed by atoms with Gasteiger partial charge in [-0.05, 0) is 53.5 Å². The monoisotopic (exact) mass is 392 g/mol. The third kappa shape index (κ3) is 4.51. The summed E-state index contributed by atoms with van der Waals surface area (Å²) in [4.78, 5) is 12.5. The summed E-state index contributed by atoms with van der Waals surface area (Å²) < 4.78 is 28.8. The number of tetrazole rings is 1. The number of benzene rings is 1. The molecule has 1 N–H and O–H groups in total. The highest BCUT2D eigenvalue weighted by Crippen LogP contribution is 2.24. The maximum atomic E-state index is 13.0. The third-order valence-electron chi connectivity index (χ3n) is 4.53. The van der Waals surface area contributed by atoms with Crippen LogP contribution in [0.25, 0.3) is 5.69 Å². The molecule has 2 aromatic rings. The van der Waals surface area contributed by atoms with Crippen molar-refractivity contribution < 1.29 is 13.2 Å². The van der Waals surface area contributed by atoms with Crippen LogP contribution in [0.4, 0.5) is 0 Å². The standard InChI is InChI=1S/C17H24N6O3S/c1-13(2)10-18-17(24)14-4-3-9-22(11-14)27(25,26)16-7-5-15(6-8-16)23-12-19-20-21-23/h5-8,12-14H,3-4,9-11H2,1-2H3,(H,18,24)/t14-/m1/s1. The Bertz CT molecular complexity index is 865. The Kier molecular flexibility index (Phi) is 5.85. The van der Waals surface area contributed by atoms with Gasteiger partial charge in [0.15, 0.2) is 0 Å². The Hall–Kier alpha value is -2.33. The summed E-state index contributed by atoms with van der Waals surface area (Å²) >= 11 is 0. The fraction of sp³-hybridized carbons (Fsp3) is 0.529. The molecule has 0 aliphatic carbocycles. The molecule has 0 unspecified atom stereocenters. The van der Waals surface area contributed by atoms with Crippen LogP contribution in [0.2, 0.25) is 0 Å². The quantitative estimate of drug-likeness (QED) is 0.780. The van der Waals surface area contributed by atoms with Crippen molar-refractivity contribution in [3.63, 3.8) is 0 Å². The number of carbonyl (C=O) groups is 1. The van der Waals surface area contributed by atoms with Gasteiger partial charge < -0.3 is 5.32 Å². The second-order valence-electron chi connectivity index (χ2n) is 7.09. The van der Waals surface area contributed by atoms with E-state index in [9.17, 15) is 13.2 Å². The molecule has 10 heteroatoms. The van der Waals surface area contributed by atoms with Crippen molar-refractivity contribution in [1.82, 2.24) is 29.8 Å². The molecule has 1 aliphatic rings. The van der Waals surface area contributed by atoms with Crippen LogP contribution in [0, 0.1) is 11.8 Å². The molecule has 27 heavy (non-hydrogen) atoms. The minimum atomic E-state index is -3.65. The van der Waals surface area contributed by atoms with E-state index in [0.29, 0.717) is 37.5 Å². The van der Waals surface area contributed by atoms with Gasteiger partial charge in [0, 0.05) is 19.6 Å². The smallest absolute Gasteiger partial charge is 0.243 e. The predicted molar refractivity (Wildman–Crippen MR) is 98.5 cm³/mol. The highest BCUT2D eigenvalue weighted by molar-refractivity contribution is 7.89. The summed E-state index contributed by atoms with van der Waals surface area (Å²) in [6, 6.07) is 6.38. The van der Waals surface area contributed by atoms with E-state index in [1.165, 1.54) is 27.4 Å². The van der Waals surface area contributed by atoms with Gasteiger partial charge in [-0.2, -0.15) is 4.31 Å². The summed E-state index contributed by atoms with van der Waals surface area (Å²) in [5.41, 5.74) is 0.670. The minimum absolute atomic E-state index is 0.0716. The zero-order valence-electron chi connectivity index (χ0n) is 15.4. The maximum Gasteiger partial charge on any atom is 0.243 e. The molecule has 3 rings (SSSR count). The largest absolute Gasteiger partial charge is 0.356 e. The van der Waals surface area contributed by atoms with Gasteiger partial charge in [0.05, 0.1) is 16.5 Å². The first-order chi connectivity index (χ1) is 12.9. The molecule has 0 spiro atoms. The number of hydrogen-bond acceptors (Lipinski definition) is 6. The summed E-state index contributed by atoms with van der Waals surface area (Å²) in [5, 5.41) is 13.8. The molecule has 1 aromatic carbocycles. The van der Waals surface area contributed by atoms with E-state index in [1.807, 2.05) is 13.8 Å². The van der Waals surface area contributed by atoms with E-state index in [4.69, 9.17) is 0 Å². The lowest BCUT2D eigenvalue weighted by atomic mass is 9.98. The molecule has 146 valence electrons. The van der Waals surface area contributed by atoms with Crippen molar-refractivity contribution in [3.05, 3.63) is 30.6 Å². The molecule has 1 amide bonds. The lowest BCUT2D eigenvalue weighted by Crippen LogP contribution is -2.45. The van der Waals surface area contributed by atoms with Gasteiger partial charge in [-0.3, -0.25) is 4.79 Å². The molecular weight excluding hydrogens is 368 g/mol. The van der Waals surface area contributed by atoms with Gasteiger partial charge in [0.1, 0.15) is 6.33 Å². The SMILES string of the molecule is CC(C)CNC(=O)[C@@H]1CCCN(S(=O)(=O)c2ccc(-n3cnnn3)cc2)C1. The van der Waals surface area contributed by atoms with E-state index in [1.54, 1.807) is 12.1 Å². The van der Waals surface area contributed by atoms with Crippen LogP contribution in [-0.4, -0.2) is 58.5 Å². The van der Waals surface area contributed by atoms with Crippen molar-refractivity contribution in [3.8, 4) is 5.69 Å². The fourth-order valence-corrected chi connectivity index (χ4v) is 4.55. The minimum Gasteiger partial charge on any atom is -0.356 e. The van der Waals surface area contributed by atoms with Crippen molar-refractivity contribution >= 4 is 15.9 Å². The zero-order valence-corrected chi connectivity index (χ0v) is 16.3. The Labute approximate surface area is 158 Å². The first kappa shape index (κ1) is 19.4. The van der Waals surface area contributed by atoms with Crippen molar-refractivity contribution in [2.24, 2.45) is 11.8 Å². The molecule has 1 aliphatic heterocycles. The van der Waals surface area contributed by atoms with E-state index in [0.717, 1.165) is 0 Å². The van der Waals surface area contributed by atoms with Gasteiger partial charge in [-0.1, -0.05) is 13.8 Å². The molecule has 0 radical (unpaired) electrons. The predicted octanol–water partition coefficient (Wildman–Crippen LogP) is 0.835. The Morgan fingerprint density at radius 2 is 2.04 bits per heavy atom. The van der Waals surface area contributed by atoms with Crippen LogP contribution >= 0.6 is 0 Å². The fourth-order valence-electron chi connectivity index (χ4n) is 3.02. The van der Waals surface area contributed by atoms with E-state index in [-0.39, 0.29) is 23.3 Å². The van der Waals surface area contributed by atoms with Crippen LogP contribution in [0.5, 0.6) is 0 Å². The van der Waals surface area contributed by atoms with Gasteiger partial charge >= 0.3 is 0 Å². The van der Waals surface area contributed by atoms with Crippen LogP contribution in [0.15, 0.2) is 35.5 Å². The topological polar surface area (TPSA) is 110 Å². The molecule has 0 bridgehead atoms. The zero-order chi connectivity index (χ0) is 19.4. The lowest BCUT2D eigenvalue weighted by Gasteiger charge is -2.31. The van der Waals surface area contributed by atoms with Crippen molar-refractivity contribution in [2.75, 3.05) is 19.6 Å². The first-order valence-electron chi connectivity index (χ1n) is 8.99. The number of nitrogens with one attached hydrogen (secondary N) is 1. The number of amides is 1. The summed E-state index contributed by atoms with van der Waals surface area (Å²) in [7, 11) is -3.65. The molecule has 9 nitrogen and oxygen atoms in total. The maximum absolute atomic E-state index is 13.0. The number of nitrogens with zero attached hydrogens (tertiary/aromatic N) is 5. The number of piperidine rings is 1. The molecule has 1 saturated heterocycles. The van der Waals surface area contributed by atoms with Gasteiger partial charge in [-0.25, -0.2) is 13.1 Å². The molecule has 1 atom stereocenters. The Morgan fingerprint density at radius 3 is 2.67 bits per heavy atom. The van der Waals surface area contributed by atoms with Crippen LogP contribution < -0.4 is 5.32 Å². The Balaban J connectivity index is 1.71. The number of hydrogen-bond donors (Lipinski definition) is 1. The summed E-state index contributed by atoms with van der Waals surface area (Å²) in [5.74, 6) is -0.0264. The number of aromatic nitrogens is 4. The van der Waals surface area contributed by atoms with E-state index >= 15 is 0 Å². The van der Waals surface area contributed by atoms with E-state index < -0.39 is 10.0 Å². The number of carbonyl (C=O) groups excluding carboxylic acids is 1.